The van der Waals surface area contributed by atoms with Crippen LogP contribution >= 0.6 is 0 Å². The maximum atomic E-state index is 12.3. The average Bonchev–Trinajstić information content (AvgIpc) is 2.71. The van der Waals surface area contributed by atoms with Gasteiger partial charge in [-0.05, 0) is 49.6 Å². The van der Waals surface area contributed by atoms with Crippen LogP contribution in [-0.2, 0) is 6.54 Å². The van der Waals surface area contributed by atoms with E-state index in [0.717, 1.165) is 32.5 Å². The van der Waals surface area contributed by atoms with E-state index in [2.05, 4.69) is 45.1 Å². The molecule has 0 bridgehead atoms. The van der Waals surface area contributed by atoms with Crippen LogP contribution in [0.2, 0.25) is 0 Å². The van der Waals surface area contributed by atoms with E-state index in [1.807, 2.05) is 13.0 Å². The van der Waals surface area contributed by atoms with Crippen molar-refractivity contribution in [1.29, 1.82) is 0 Å². The highest BCUT2D eigenvalue weighted by Gasteiger charge is 2.20. The lowest BCUT2D eigenvalue weighted by molar-refractivity contribution is 0.0956. The summed E-state index contributed by atoms with van der Waals surface area (Å²) in [6, 6.07) is 17.3. The number of likely N-dealkylation sites (tertiary alicyclic amines) is 1. The van der Waals surface area contributed by atoms with E-state index in [9.17, 15) is 9.59 Å². The van der Waals surface area contributed by atoms with E-state index in [1.54, 1.807) is 24.3 Å². The Hall–Kier alpha value is -2.86. The molecule has 0 unspecified atom stereocenters. The SMILES string of the molecule is CCNC(=O)c1ccc(NC(=O)NC2CCN(Cc3ccccc3)CC2)cc1. The fourth-order valence-electron chi connectivity index (χ4n) is 3.40. The molecule has 3 rings (SSSR count). The summed E-state index contributed by atoms with van der Waals surface area (Å²) < 4.78 is 0. The predicted molar refractivity (Wildman–Crippen MR) is 111 cm³/mol. The maximum absolute atomic E-state index is 12.3. The van der Waals surface area contributed by atoms with Crippen molar-refractivity contribution in [3.8, 4) is 0 Å². The Bertz CT molecular complexity index is 769. The normalized spacial score (nSPS) is 15.0. The van der Waals surface area contributed by atoms with Gasteiger partial charge in [-0.15, -0.1) is 0 Å². The van der Waals surface area contributed by atoms with Crippen LogP contribution in [0.4, 0.5) is 10.5 Å². The first-order chi connectivity index (χ1) is 13.6. The number of piperidine rings is 1. The summed E-state index contributed by atoms with van der Waals surface area (Å²) in [4.78, 5) is 26.4. The van der Waals surface area contributed by atoms with Crippen LogP contribution in [0.1, 0.15) is 35.7 Å². The molecule has 1 heterocycles. The number of hydrogen-bond acceptors (Lipinski definition) is 3. The monoisotopic (exact) mass is 380 g/mol. The summed E-state index contributed by atoms with van der Waals surface area (Å²) in [5, 5.41) is 8.65. The molecule has 2 aromatic rings. The lowest BCUT2D eigenvalue weighted by Gasteiger charge is -2.32. The molecule has 28 heavy (non-hydrogen) atoms. The molecule has 0 spiro atoms. The first kappa shape index (κ1) is 19.9. The number of benzene rings is 2. The molecule has 2 aromatic carbocycles. The molecular weight excluding hydrogens is 352 g/mol. The van der Waals surface area contributed by atoms with Crippen LogP contribution < -0.4 is 16.0 Å². The van der Waals surface area contributed by atoms with Gasteiger partial charge in [0.15, 0.2) is 0 Å². The number of nitrogens with zero attached hydrogens (tertiary/aromatic N) is 1. The number of anilines is 1. The van der Waals surface area contributed by atoms with Crippen molar-refractivity contribution in [2.45, 2.75) is 32.4 Å². The van der Waals surface area contributed by atoms with E-state index >= 15 is 0 Å². The highest BCUT2D eigenvalue weighted by Crippen LogP contribution is 2.15. The summed E-state index contributed by atoms with van der Waals surface area (Å²) in [6.07, 6.45) is 1.88. The van der Waals surface area contributed by atoms with Crippen molar-refractivity contribution in [3.05, 3.63) is 65.7 Å². The Morgan fingerprint density at radius 3 is 2.32 bits per heavy atom. The minimum Gasteiger partial charge on any atom is -0.352 e. The number of nitrogens with one attached hydrogen (secondary N) is 3. The number of carbonyl (C=O) groups is 2. The third-order valence-corrected chi connectivity index (χ3v) is 4.91. The highest BCUT2D eigenvalue weighted by atomic mass is 16.2. The average molecular weight is 380 g/mol. The molecule has 0 saturated carbocycles. The molecule has 1 saturated heterocycles. The van der Waals surface area contributed by atoms with Crippen molar-refractivity contribution < 1.29 is 9.59 Å². The second kappa shape index (κ2) is 9.90. The number of urea groups is 1. The number of rotatable bonds is 6. The van der Waals surface area contributed by atoms with E-state index < -0.39 is 0 Å². The minimum absolute atomic E-state index is 0.110. The van der Waals surface area contributed by atoms with Gasteiger partial charge in [0.2, 0.25) is 0 Å². The predicted octanol–water partition coefficient (Wildman–Crippen LogP) is 3.22. The molecule has 0 radical (unpaired) electrons. The van der Waals surface area contributed by atoms with E-state index in [4.69, 9.17) is 0 Å². The van der Waals surface area contributed by atoms with E-state index in [-0.39, 0.29) is 18.0 Å². The van der Waals surface area contributed by atoms with Crippen molar-refractivity contribution >= 4 is 17.6 Å². The molecule has 1 aliphatic rings. The number of hydrogen-bond donors (Lipinski definition) is 3. The van der Waals surface area contributed by atoms with Gasteiger partial charge in [0.05, 0.1) is 0 Å². The fraction of sp³-hybridized carbons (Fsp3) is 0.364. The largest absolute Gasteiger partial charge is 0.352 e. The standard InChI is InChI=1S/C22H28N4O2/c1-2-23-21(27)18-8-10-19(11-9-18)24-22(28)25-20-12-14-26(15-13-20)16-17-6-4-3-5-7-17/h3-11,20H,2,12-16H2,1H3,(H,23,27)(H2,24,25,28). The second-order valence-electron chi connectivity index (χ2n) is 7.07. The van der Waals surface area contributed by atoms with Gasteiger partial charge < -0.3 is 16.0 Å². The maximum Gasteiger partial charge on any atom is 0.319 e. The molecule has 1 fully saturated rings. The zero-order valence-corrected chi connectivity index (χ0v) is 16.3. The third kappa shape index (κ3) is 5.82. The Morgan fingerprint density at radius 1 is 1.00 bits per heavy atom. The zero-order chi connectivity index (χ0) is 19.8. The molecule has 3 N–H and O–H groups in total. The topological polar surface area (TPSA) is 73.5 Å². The minimum atomic E-state index is -0.202. The van der Waals surface area contributed by atoms with Gasteiger partial charge in [0, 0.05) is 43.5 Å². The molecule has 3 amide bonds. The Kier molecular flexibility index (Phi) is 7.03. The molecule has 0 aromatic heterocycles. The summed E-state index contributed by atoms with van der Waals surface area (Å²) in [6.45, 7) is 5.37. The van der Waals surface area contributed by atoms with Crippen molar-refractivity contribution in [2.75, 3.05) is 25.0 Å². The van der Waals surface area contributed by atoms with Crippen molar-refractivity contribution in [1.82, 2.24) is 15.5 Å². The lowest BCUT2D eigenvalue weighted by Crippen LogP contribution is -2.45. The Labute approximate surface area is 166 Å². The van der Waals surface area contributed by atoms with E-state index in [0.29, 0.717) is 17.8 Å². The molecule has 6 heteroatoms. The third-order valence-electron chi connectivity index (χ3n) is 4.91. The number of carbonyl (C=O) groups excluding carboxylic acids is 2. The van der Waals surface area contributed by atoms with Crippen LogP contribution in [0.25, 0.3) is 0 Å². The molecule has 0 atom stereocenters. The summed E-state index contributed by atoms with van der Waals surface area (Å²) >= 11 is 0. The Balaban J connectivity index is 1.41. The van der Waals surface area contributed by atoms with Crippen LogP contribution in [0.3, 0.4) is 0 Å². The smallest absolute Gasteiger partial charge is 0.319 e. The second-order valence-corrected chi connectivity index (χ2v) is 7.07. The quantitative estimate of drug-likeness (QED) is 0.720. The first-order valence-electron chi connectivity index (χ1n) is 9.86. The fourth-order valence-corrected chi connectivity index (χ4v) is 3.40. The highest BCUT2D eigenvalue weighted by molar-refractivity contribution is 5.95. The molecule has 1 aliphatic heterocycles. The van der Waals surface area contributed by atoms with Gasteiger partial charge in [-0.1, -0.05) is 30.3 Å². The van der Waals surface area contributed by atoms with Crippen molar-refractivity contribution in [3.63, 3.8) is 0 Å². The summed E-state index contributed by atoms with van der Waals surface area (Å²) in [7, 11) is 0. The van der Waals surface area contributed by atoms with Gasteiger partial charge in [-0.25, -0.2) is 4.79 Å². The summed E-state index contributed by atoms with van der Waals surface area (Å²) in [5.74, 6) is -0.110. The number of amides is 3. The van der Waals surface area contributed by atoms with Crippen LogP contribution in [-0.4, -0.2) is 42.5 Å². The van der Waals surface area contributed by atoms with Crippen LogP contribution in [0.15, 0.2) is 54.6 Å². The van der Waals surface area contributed by atoms with Gasteiger partial charge in [-0.2, -0.15) is 0 Å². The lowest BCUT2D eigenvalue weighted by atomic mass is 10.0. The van der Waals surface area contributed by atoms with Crippen LogP contribution in [0, 0.1) is 0 Å². The van der Waals surface area contributed by atoms with E-state index in [1.165, 1.54) is 5.56 Å². The first-order valence-corrected chi connectivity index (χ1v) is 9.86. The van der Waals surface area contributed by atoms with Gasteiger partial charge >= 0.3 is 6.03 Å². The van der Waals surface area contributed by atoms with Gasteiger partial charge in [0.1, 0.15) is 0 Å². The van der Waals surface area contributed by atoms with Gasteiger partial charge in [0.25, 0.3) is 5.91 Å². The summed E-state index contributed by atoms with van der Waals surface area (Å²) in [5.41, 5.74) is 2.58. The molecule has 148 valence electrons. The van der Waals surface area contributed by atoms with Gasteiger partial charge in [-0.3, -0.25) is 9.69 Å². The van der Waals surface area contributed by atoms with Crippen LogP contribution in [0.5, 0.6) is 0 Å². The molecule has 6 nitrogen and oxygen atoms in total. The molecular formula is C22H28N4O2. The van der Waals surface area contributed by atoms with Crippen molar-refractivity contribution in [2.24, 2.45) is 0 Å². The Morgan fingerprint density at radius 2 is 1.68 bits per heavy atom. The molecule has 0 aliphatic carbocycles. The zero-order valence-electron chi connectivity index (χ0n) is 16.3.